The molecule has 2 atom stereocenters. The summed E-state index contributed by atoms with van der Waals surface area (Å²) in [5, 5.41) is 29.6. The van der Waals surface area contributed by atoms with Gasteiger partial charge < -0.3 is 20.1 Å². The summed E-state index contributed by atoms with van der Waals surface area (Å²) in [4.78, 5) is 21.8. The van der Waals surface area contributed by atoms with Crippen LogP contribution in [0.2, 0.25) is 0 Å². The molecule has 6 nitrogen and oxygen atoms in total. The lowest BCUT2D eigenvalue weighted by atomic mass is 10.1. The second-order valence-corrected chi connectivity index (χ2v) is 4.24. The minimum Gasteiger partial charge on any atom is -0.478 e. The van der Waals surface area contributed by atoms with Crippen LogP contribution < -0.4 is 0 Å². The molecule has 17 heavy (non-hydrogen) atoms. The first-order chi connectivity index (χ1) is 7.97. The smallest absolute Gasteiger partial charge is 0.336 e. The standard InChI is InChI=1S/C10H12O6S/c1-16-7(12)4-6(11)8(13)9-5(10(14)15)2-3-17-9/h2-3,6,8,11,13H,4H2,1H3,(H,14,15). The maximum atomic E-state index is 10.9. The average Bonchev–Trinajstić information content (AvgIpc) is 2.76. The molecule has 0 bridgehead atoms. The van der Waals surface area contributed by atoms with E-state index in [0.29, 0.717) is 0 Å². The molecule has 0 aliphatic rings. The molecule has 1 aromatic rings. The Morgan fingerprint density at radius 3 is 2.65 bits per heavy atom. The van der Waals surface area contributed by atoms with E-state index in [1.165, 1.54) is 11.4 Å². The Labute approximate surface area is 101 Å². The number of methoxy groups -OCH3 is 1. The van der Waals surface area contributed by atoms with Crippen molar-refractivity contribution in [2.45, 2.75) is 18.6 Å². The number of rotatable bonds is 5. The van der Waals surface area contributed by atoms with E-state index in [9.17, 15) is 19.8 Å². The third-order valence-electron chi connectivity index (χ3n) is 2.16. The molecule has 7 heteroatoms. The van der Waals surface area contributed by atoms with Crippen molar-refractivity contribution < 1.29 is 29.6 Å². The fraction of sp³-hybridized carbons (Fsp3) is 0.400. The van der Waals surface area contributed by atoms with E-state index in [-0.39, 0.29) is 10.4 Å². The highest BCUT2D eigenvalue weighted by Crippen LogP contribution is 2.28. The quantitative estimate of drug-likeness (QED) is 0.662. The van der Waals surface area contributed by atoms with Gasteiger partial charge in [0.15, 0.2) is 0 Å². The van der Waals surface area contributed by atoms with Gasteiger partial charge in [-0.2, -0.15) is 0 Å². The van der Waals surface area contributed by atoms with E-state index in [1.807, 2.05) is 0 Å². The topological polar surface area (TPSA) is 104 Å². The number of carboxylic acid groups (broad SMARTS) is 1. The van der Waals surface area contributed by atoms with Crippen LogP contribution in [-0.4, -0.2) is 40.5 Å². The van der Waals surface area contributed by atoms with Gasteiger partial charge in [-0.1, -0.05) is 0 Å². The summed E-state index contributed by atoms with van der Waals surface area (Å²) in [6.07, 6.45) is -3.20. The molecule has 3 N–H and O–H groups in total. The van der Waals surface area contributed by atoms with E-state index >= 15 is 0 Å². The first kappa shape index (κ1) is 13.6. The van der Waals surface area contributed by atoms with Gasteiger partial charge in [0.1, 0.15) is 6.10 Å². The van der Waals surface area contributed by atoms with Crippen molar-refractivity contribution in [3.63, 3.8) is 0 Å². The summed E-state index contributed by atoms with van der Waals surface area (Å²) in [6, 6.07) is 1.33. The second-order valence-electron chi connectivity index (χ2n) is 3.30. The van der Waals surface area contributed by atoms with Crippen molar-refractivity contribution in [1.82, 2.24) is 0 Å². The molecular formula is C10H12O6S. The van der Waals surface area contributed by atoms with Gasteiger partial charge >= 0.3 is 11.9 Å². The van der Waals surface area contributed by atoms with E-state index in [4.69, 9.17) is 5.11 Å². The zero-order valence-corrected chi connectivity index (χ0v) is 9.81. The largest absolute Gasteiger partial charge is 0.478 e. The summed E-state index contributed by atoms with van der Waals surface area (Å²) in [7, 11) is 1.16. The van der Waals surface area contributed by atoms with Crippen LogP contribution in [0.5, 0.6) is 0 Å². The van der Waals surface area contributed by atoms with Crippen LogP contribution in [0.3, 0.4) is 0 Å². The van der Waals surface area contributed by atoms with E-state index in [0.717, 1.165) is 18.4 Å². The fourth-order valence-electron chi connectivity index (χ4n) is 1.27. The molecule has 2 unspecified atom stereocenters. The molecular weight excluding hydrogens is 248 g/mol. The second kappa shape index (κ2) is 5.76. The molecule has 1 aromatic heterocycles. The molecule has 0 spiro atoms. The summed E-state index contributed by atoms with van der Waals surface area (Å²) < 4.78 is 4.34. The molecule has 1 rings (SSSR count). The Hall–Kier alpha value is -1.44. The number of ether oxygens (including phenoxy) is 1. The Balaban J connectivity index is 2.81. The third-order valence-corrected chi connectivity index (χ3v) is 3.15. The number of esters is 1. The molecule has 1 heterocycles. The van der Waals surface area contributed by atoms with E-state index in [2.05, 4.69) is 4.74 Å². The van der Waals surface area contributed by atoms with E-state index < -0.39 is 30.6 Å². The number of hydrogen-bond donors (Lipinski definition) is 3. The minimum absolute atomic E-state index is 0.0774. The molecule has 0 fully saturated rings. The van der Waals surface area contributed by atoms with Crippen molar-refractivity contribution in [1.29, 1.82) is 0 Å². The van der Waals surface area contributed by atoms with E-state index in [1.54, 1.807) is 0 Å². The fourth-order valence-corrected chi connectivity index (χ4v) is 2.20. The Morgan fingerprint density at radius 1 is 1.47 bits per heavy atom. The highest BCUT2D eigenvalue weighted by molar-refractivity contribution is 7.10. The van der Waals surface area contributed by atoms with Crippen LogP contribution in [-0.2, 0) is 9.53 Å². The molecule has 0 aliphatic carbocycles. The lowest BCUT2D eigenvalue weighted by Gasteiger charge is -2.16. The zero-order valence-electron chi connectivity index (χ0n) is 8.99. The predicted octanol–water partition coefficient (Wildman–Crippen LogP) is 0.404. The lowest BCUT2D eigenvalue weighted by Crippen LogP contribution is -2.23. The number of carboxylic acids is 1. The van der Waals surface area contributed by atoms with Gasteiger partial charge in [-0.25, -0.2) is 4.79 Å². The SMILES string of the molecule is COC(=O)CC(O)C(O)c1sccc1C(=O)O. The van der Waals surface area contributed by atoms with Crippen LogP contribution in [0.25, 0.3) is 0 Å². The van der Waals surface area contributed by atoms with Crippen LogP contribution in [0.4, 0.5) is 0 Å². The van der Waals surface area contributed by atoms with Crippen molar-refractivity contribution in [2.75, 3.05) is 7.11 Å². The number of carbonyl (C=O) groups excluding carboxylic acids is 1. The normalized spacial score (nSPS) is 14.1. The lowest BCUT2D eigenvalue weighted by molar-refractivity contribution is -0.144. The molecule has 0 aromatic carbocycles. The molecule has 0 radical (unpaired) electrons. The summed E-state index contributed by atoms with van der Waals surface area (Å²) in [5.41, 5.74) is -0.0774. The van der Waals surface area contributed by atoms with Crippen molar-refractivity contribution >= 4 is 23.3 Å². The Kier molecular flexibility index (Phi) is 4.62. The number of carbonyl (C=O) groups is 2. The van der Waals surface area contributed by atoms with Gasteiger partial charge in [0.05, 0.1) is 30.1 Å². The molecule has 0 amide bonds. The van der Waals surface area contributed by atoms with Gasteiger partial charge in [0.2, 0.25) is 0 Å². The Bertz CT molecular complexity index is 413. The van der Waals surface area contributed by atoms with Gasteiger partial charge in [-0.05, 0) is 11.4 Å². The summed E-state index contributed by atoms with van der Waals surface area (Å²) >= 11 is 1.01. The van der Waals surface area contributed by atoms with Crippen LogP contribution in [0.1, 0.15) is 27.8 Å². The van der Waals surface area contributed by atoms with Crippen molar-refractivity contribution in [2.24, 2.45) is 0 Å². The number of aromatic carboxylic acids is 1. The number of thiophene rings is 1. The van der Waals surface area contributed by atoms with Crippen molar-refractivity contribution in [3.8, 4) is 0 Å². The summed E-state index contributed by atoms with van der Waals surface area (Å²) in [6.45, 7) is 0. The molecule has 0 saturated carbocycles. The summed E-state index contributed by atoms with van der Waals surface area (Å²) in [5.74, 6) is -1.87. The first-order valence-corrected chi connectivity index (χ1v) is 5.59. The maximum absolute atomic E-state index is 10.9. The van der Waals surface area contributed by atoms with Gasteiger partial charge in [-0.15, -0.1) is 11.3 Å². The van der Waals surface area contributed by atoms with Crippen molar-refractivity contribution in [3.05, 3.63) is 21.9 Å². The number of hydrogen-bond acceptors (Lipinski definition) is 6. The third kappa shape index (κ3) is 3.26. The number of aliphatic hydroxyl groups is 2. The maximum Gasteiger partial charge on any atom is 0.336 e. The van der Waals surface area contributed by atoms with Gasteiger partial charge in [-0.3, -0.25) is 4.79 Å². The minimum atomic E-state index is -1.42. The van der Waals surface area contributed by atoms with Gasteiger partial charge in [0.25, 0.3) is 0 Å². The predicted molar refractivity (Wildman–Crippen MR) is 58.9 cm³/mol. The average molecular weight is 260 g/mol. The number of aliphatic hydroxyl groups excluding tert-OH is 2. The molecule has 0 aliphatic heterocycles. The van der Waals surface area contributed by atoms with Gasteiger partial charge in [0, 0.05) is 0 Å². The van der Waals surface area contributed by atoms with Crippen LogP contribution >= 0.6 is 11.3 Å². The van der Waals surface area contributed by atoms with Crippen LogP contribution in [0.15, 0.2) is 11.4 Å². The molecule has 0 saturated heterocycles. The molecule has 94 valence electrons. The Morgan fingerprint density at radius 2 is 2.12 bits per heavy atom. The highest BCUT2D eigenvalue weighted by atomic mass is 32.1. The van der Waals surface area contributed by atoms with Crippen LogP contribution in [0, 0.1) is 0 Å². The highest BCUT2D eigenvalue weighted by Gasteiger charge is 2.26. The monoisotopic (exact) mass is 260 g/mol. The first-order valence-electron chi connectivity index (χ1n) is 4.71. The zero-order chi connectivity index (χ0) is 13.0.